The standard InChI is InChI=1S/C20H17N4/c1-16-21-23(19-10-6-3-7-11-19)24(22-16)20-14-12-18(13-15-20)17-8-4-2-5-9-17/h2-15H,1H3/q+1. The van der Waals surface area contributed by atoms with Crippen LogP contribution in [-0.4, -0.2) is 15.0 Å². The fourth-order valence-corrected chi connectivity index (χ4v) is 2.69. The van der Waals surface area contributed by atoms with Gasteiger partial charge in [0.05, 0.1) is 5.10 Å². The Balaban J connectivity index is 1.75. The number of para-hydroxylation sites is 1. The molecule has 0 aliphatic carbocycles. The lowest BCUT2D eigenvalue weighted by Gasteiger charge is -2.03. The molecule has 0 radical (unpaired) electrons. The molecule has 0 saturated heterocycles. The zero-order valence-corrected chi connectivity index (χ0v) is 13.4. The van der Waals surface area contributed by atoms with Crippen LogP contribution < -0.4 is 4.80 Å². The Hall–Kier alpha value is -3.27. The van der Waals surface area contributed by atoms with Crippen LogP contribution in [0.4, 0.5) is 0 Å². The van der Waals surface area contributed by atoms with Gasteiger partial charge in [-0.25, -0.2) is 0 Å². The highest BCUT2D eigenvalue weighted by atomic mass is 15.7. The largest absolute Gasteiger partial charge is 0.306 e. The first-order valence-electron chi connectivity index (χ1n) is 7.89. The molecule has 3 aromatic carbocycles. The quantitative estimate of drug-likeness (QED) is 0.542. The maximum atomic E-state index is 4.53. The van der Waals surface area contributed by atoms with Crippen molar-refractivity contribution in [1.29, 1.82) is 0 Å². The molecule has 4 aromatic rings. The lowest BCUT2D eigenvalue weighted by molar-refractivity contribution is -0.735. The molecule has 0 amide bonds. The summed E-state index contributed by atoms with van der Waals surface area (Å²) in [7, 11) is 0. The summed E-state index contributed by atoms with van der Waals surface area (Å²) in [5.74, 6) is 0.728. The predicted octanol–water partition coefficient (Wildman–Crippen LogP) is 3.52. The minimum Gasteiger partial charge on any atom is -0.0622 e. The fourth-order valence-electron chi connectivity index (χ4n) is 2.69. The summed E-state index contributed by atoms with van der Waals surface area (Å²) in [5, 5.41) is 9.03. The van der Waals surface area contributed by atoms with Gasteiger partial charge in [-0.15, -0.1) is 0 Å². The third-order valence-corrected chi connectivity index (χ3v) is 3.85. The van der Waals surface area contributed by atoms with Crippen LogP contribution in [-0.2, 0) is 0 Å². The van der Waals surface area contributed by atoms with Crippen LogP contribution in [0, 0.1) is 6.92 Å². The van der Waals surface area contributed by atoms with E-state index in [4.69, 9.17) is 0 Å². The van der Waals surface area contributed by atoms with E-state index in [-0.39, 0.29) is 0 Å². The Morgan fingerprint density at radius 2 is 1.29 bits per heavy atom. The zero-order chi connectivity index (χ0) is 16.4. The topological polar surface area (TPSA) is 34.6 Å². The minimum atomic E-state index is 0.728. The monoisotopic (exact) mass is 313 g/mol. The van der Waals surface area contributed by atoms with Crippen LogP contribution in [0.5, 0.6) is 0 Å². The van der Waals surface area contributed by atoms with E-state index >= 15 is 0 Å². The average molecular weight is 313 g/mol. The summed E-state index contributed by atoms with van der Waals surface area (Å²) < 4.78 is 0. The molecule has 0 aliphatic heterocycles. The van der Waals surface area contributed by atoms with Crippen LogP contribution in [0.2, 0.25) is 0 Å². The van der Waals surface area contributed by atoms with Gasteiger partial charge in [0.25, 0.3) is 0 Å². The van der Waals surface area contributed by atoms with Crippen LogP contribution in [0.3, 0.4) is 0 Å². The van der Waals surface area contributed by atoms with Gasteiger partial charge in [-0.05, 0) is 45.3 Å². The van der Waals surface area contributed by atoms with Crippen molar-refractivity contribution >= 4 is 0 Å². The maximum Gasteiger partial charge on any atom is 0.306 e. The number of tetrazole rings is 1. The molecule has 1 aromatic heterocycles. The number of nitrogens with zero attached hydrogens (tertiary/aromatic N) is 4. The van der Waals surface area contributed by atoms with Crippen LogP contribution >= 0.6 is 0 Å². The minimum absolute atomic E-state index is 0.728. The molecule has 0 unspecified atom stereocenters. The van der Waals surface area contributed by atoms with Gasteiger partial charge in [-0.3, -0.25) is 0 Å². The molecular formula is C20H17N4+. The second-order valence-electron chi connectivity index (χ2n) is 5.57. The van der Waals surface area contributed by atoms with Crippen LogP contribution in [0.1, 0.15) is 5.82 Å². The van der Waals surface area contributed by atoms with Gasteiger partial charge >= 0.3 is 5.82 Å². The van der Waals surface area contributed by atoms with Crippen molar-refractivity contribution < 1.29 is 4.80 Å². The molecule has 0 N–H and O–H groups in total. The molecule has 0 spiro atoms. The van der Waals surface area contributed by atoms with Crippen molar-refractivity contribution in [3.05, 3.63) is 90.8 Å². The number of benzene rings is 3. The molecule has 0 atom stereocenters. The van der Waals surface area contributed by atoms with E-state index < -0.39 is 0 Å². The average Bonchev–Trinajstić information content (AvgIpc) is 3.05. The molecule has 116 valence electrons. The van der Waals surface area contributed by atoms with Crippen molar-refractivity contribution in [2.75, 3.05) is 0 Å². The molecule has 4 rings (SSSR count). The first-order valence-corrected chi connectivity index (χ1v) is 7.89. The summed E-state index contributed by atoms with van der Waals surface area (Å²) in [6, 6.07) is 28.7. The third kappa shape index (κ3) is 2.70. The number of rotatable bonds is 3. The van der Waals surface area contributed by atoms with Gasteiger partial charge in [-0.2, -0.15) is 0 Å². The number of aryl methyl sites for hydroxylation is 1. The lowest BCUT2D eigenvalue weighted by Crippen LogP contribution is -2.43. The molecule has 0 aliphatic rings. The molecule has 4 nitrogen and oxygen atoms in total. The predicted molar refractivity (Wildman–Crippen MR) is 93.1 cm³/mol. The van der Waals surface area contributed by atoms with Gasteiger partial charge in [0.2, 0.25) is 0 Å². The molecule has 0 bridgehead atoms. The van der Waals surface area contributed by atoms with Crippen molar-refractivity contribution in [3.63, 3.8) is 0 Å². The number of hydrogen-bond donors (Lipinski definition) is 0. The molecule has 4 heteroatoms. The van der Waals surface area contributed by atoms with Gasteiger partial charge in [0.15, 0.2) is 5.69 Å². The van der Waals surface area contributed by atoms with E-state index in [0.29, 0.717) is 0 Å². The fraction of sp³-hybridized carbons (Fsp3) is 0.0500. The highest BCUT2D eigenvalue weighted by molar-refractivity contribution is 5.64. The Bertz CT molecular complexity index is 942. The van der Waals surface area contributed by atoms with Crippen molar-refractivity contribution in [2.24, 2.45) is 0 Å². The molecule has 24 heavy (non-hydrogen) atoms. The summed E-state index contributed by atoms with van der Waals surface area (Å²) in [6.07, 6.45) is 0. The van der Waals surface area contributed by atoms with Crippen molar-refractivity contribution in [2.45, 2.75) is 6.92 Å². The number of hydrogen-bond acceptors (Lipinski definition) is 2. The van der Waals surface area contributed by atoms with E-state index in [2.05, 4.69) is 46.6 Å². The van der Waals surface area contributed by atoms with Gasteiger partial charge in [0.1, 0.15) is 5.69 Å². The highest BCUT2D eigenvalue weighted by Gasteiger charge is 2.19. The van der Waals surface area contributed by atoms with E-state index in [1.54, 1.807) is 0 Å². The Labute approximate surface area is 140 Å². The second-order valence-corrected chi connectivity index (χ2v) is 5.57. The molecule has 1 heterocycles. The van der Waals surface area contributed by atoms with Gasteiger partial charge in [-0.1, -0.05) is 60.7 Å². The third-order valence-electron chi connectivity index (χ3n) is 3.85. The zero-order valence-electron chi connectivity index (χ0n) is 13.4. The Morgan fingerprint density at radius 1 is 0.708 bits per heavy atom. The highest BCUT2D eigenvalue weighted by Crippen LogP contribution is 2.20. The van der Waals surface area contributed by atoms with Crippen LogP contribution in [0.15, 0.2) is 84.9 Å². The summed E-state index contributed by atoms with van der Waals surface area (Å²) >= 11 is 0. The first-order chi connectivity index (χ1) is 11.8. The van der Waals surface area contributed by atoms with Gasteiger partial charge < -0.3 is 0 Å². The smallest absolute Gasteiger partial charge is 0.0622 e. The van der Waals surface area contributed by atoms with Gasteiger partial charge in [0, 0.05) is 11.7 Å². The van der Waals surface area contributed by atoms with Crippen molar-refractivity contribution in [1.82, 2.24) is 15.0 Å². The van der Waals surface area contributed by atoms with E-state index in [1.165, 1.54) is 11.1 Å². The lowest BCUT2D eigenvalue weighted by atomic mass is 10.1. The SMILES string of the molecule is Cc1nn(-c2ccc(-c3ccccc3)cc2)[n+](-c2ccccc2)n1. The second kappa shape index (κ2) is 6.08. The first kappa shape index (κ1) is 14.3. The number of aromatic nitrogens is 4. The van der Waals surface area contributed by atoms with Crippen LogP contribution in [0.25, 0.3) is 22.5 Å². The summed E-state index contributed by atoms with van der Waals surface area (Å²) in [5.41, 5.74) is 4.33. The Morgan fingerprint density at radius 3 is 1.96 bits per heavy atom. The molecular weight excluding hydrogens is 296 g/mol. The van der Waals surface area contributed by atoms with E-state index in [0.717, 1.165) is 17.2 Å². The van der Waals surface area contributed by atoms with E-state index in [1.807, 2.05) is 65.0 Å². The normalized spacial score (nSPS) is 10.7. The summed E-state index contributed by atoms with van der Waals surface area (Å²) in [6.45, 7) is 1.90. The molecule has 0 saturated carbocycles. The summed E-state index contributed by atoms with van der Waals surface area (Å²) in [4.78, 5) is 3.63. The molecule has 0 fully saturated rings. The Kier molecular flexibility index (Phi) is 3.63. The van der Waals surface area contributed by atoms with Crippen molar-refractivity contribution in [3.8, 4) is 22.5 Å². The van der Waals surface area contributed by atoms with E-state index in [9.17, 15) is 0 Å². The maximum absolute atomic E-state index is 4.53.